The van der Waals surface area contributed by atoms with Gasteiger partial charge >= 0.3 is 0 Å². The predicted molar refractivity (Wildman–Crippen MR) is 92.1 cm³/mol. The maximum atomic E-state index is 5.98. The molecular formula is C19H25NO2. The number of anilines is 1. The van der Waals surface area contributed by atoms with Crippen molar-refractivity contribution >= 4 is 5.69 Å². The van der Waals surface area contributed by atoms with Gasteiger partial charge in [0.15, 0.2) is 11.5 Å². The second-order valence-corrected chi connectivity index (χ2v) is 5.42. The number of benzene rings is 2. The standard InChI is InChI=1S/C19H25NO2/c1-5-16-10-8-9-14(2)19(16)20-13-15(3)22-18-12-7-6-11-17(18)21-4/h6-12,15,20H,5,13H2,1-4H3. The molecule has 0 aliphatic carbocycles. The normalized spacial score (nSPS) is 11.8. The third-order valence-corrected chi connectivity index (χ3v) is 3.70. The zero-order chi connectivity index (χ0) is 15.9. The molecule has 0 aromatic heterocycles. The smallest absolute Gasteiger partial charge is 0.161 e. The summed E-state index contributed by atoms with van der Waals surface area (Å²) in [5.41, 5.74) is 3.83. The van der Waals surface area contributed by atoms with E-state index in [-0.39, 0.29) is 6.10 Å². The van der Waals surface area contributed by atoms with Gasteiger partial charge < -0.3 is 14.8 Å². The van der Waals surface area contributed by atoms with Crippen molar-refractivity contribution in [2.75, 3.05) is 19.0 Å². The average molecular weight is 299 g/mol. The molecule has 118 valence electrons. The summed E-state index contributed by atoms with van der Waals surface area (Å²) in [6.45, 7) is 7.11. The summed E-state index contributed by atoms with van der Waals surface area (Å²) in [5.74, 6) is 1.54. The Morgan fingerprint density at radius 2 is 1.77 bits per heavy atom. The molecule has 1 unspecified atom stereocenters. The molecule has 3 nitrogen and oxygen atoms in total. The first-order chi connectivity index (χ1) is 10.7. The van der Waals surface area contributed by atoms with Crippen LogP contribution in [0.3, 0.4) is 0 Å². The third-order valence-electron chi connectivity index (χ3n) is 3.70. The summed E-state index contributed by atoms with van der Waals surface area (Å²) in [7, 11) is 1.66. The quantitative estimate of drug-likeness (QED) is 0.819. The molecule has 0 aliphatic rings. The molecule has 0 amide bonds. The Morgan fingerprint density at radius 3 is 2.45 bits per heavy atom. The van der Waals surface area contributed by atoms with E-state index in [1.54, 1.807) is 7.11 Å². The van der Waals surface area contributed by atoms with E-state index in [1.807, 2.05) is 24.3 Å². The van der Waals surface area contributed by atoms with E-state index in [0.29, 0.717) is 0 Å². The second-order valence-electron chi connectivity index (χ2n) is 5.42. The molecule has 1 N–H and O–H groups in total. The van der Waals surface area contributed by atoms with Crippen molar-refractivity contribution < 1.29 is 9.47 Å². The number of hydrogen-bond donors (Lipinski definition) is 1. The van der Waals surface area contributed by atoms with E-state index in [1.165, 1.54) is 16.8 Å². The second kappa shape index (κ2) is 7.74. The highest BCUT2D eigenvalue weighted by molar-refractivity contribution is 5.57. The molecule has 0 spiro atoms. The van der Waals surface area contributed by atoms with Crippen molar-refractivity contribution in [1.82, 2.24) is 0 Å². The van der Waals surface area contributed by atoms with E-state index in [2.05, 4.69) is 44.3 Å². The van der Waals surface area contributed by atoms with Crippen LogP contribution in [0.1, 0.15) is 25.0 Å². The number of rotatable bonds is 7. The highest BCUT2D eigenvalue weighted by Crippen LogP contribution is 2.27. The topological polar surface area (TPSA) is 30.5 Å². The first-order valence-corrected chi connectivity index (χ1v) is 7.77. The van der Waals surface area contributed by atoms with Crippen molar-refractivity contribution in [3.63, 3.8) is 0 Å². The number of nitrogens with one attached hydrogen (secondary N) is 1. The van der Waals surface area contributed by atoms with E-state index >= 15 is 0 Å². The minimum Gasteiger partial charge on any atom is -0.493 e. The van der Waals surface area contributed by atoms with Crippen LogP contribution in [0.25, 0.3) is 0 Å². The van der Waals surface area contributed by atoms with Crippen LogP contribution in [0.5, 0.6) is 11.5 Å². The summed E-state index contributed by atoms with van der Waals surface area (Å²) in [5, 5.41) is 3.52. The molecule has 2 aromatic carbocycles. The Hall–Kier alpha value is -2.16. The number of para-hydroxylation sites is 3. The number of ether oxygens (including phenoxy) is 2. The first-order valence-electron chi connectivity index (χ1n) is 7.77. The van der Waals surface area contributed by atoms with E-state index < -0.39 is 0 Å². The lowest BCUT2D eigenvalue weighted by Crippen LogP contribution is -2.23. The van der Waals surface area contributed by atoms with Gasteiger partial charge in [0, 0.05) is 5.69 Å². The SMILES string of the molecule is CCc1cccc(C)c1NCC(C)Oc1ccccc1OC. The molecule has 0 bridgehead atoms. The van der Waals surface area contributed by atoms with Crippen LogP contribution in [0, 0.1) is 6.92 Å². The molecule has 3 heteroatoms. The third kappa shape index (κ3) is 3.94. The van der Waals surface area contributed by atoms with Crippen LogP contribution in [0.15, 0.2) is 42.5 Å². The van der Waals surface area contributed by atoms with Crippen LogP contribution < -0.4 is 14.8 Å². The average Bonchev–Trinajstić information content (AvgIpc) is 2.54. The lowest BCUT2D eigenvalue weighted by atomic mass is 10.1. The van der Waals surface area contributed by atoms with Gasteiger partial charge in [-0.1, -0.05) is 37.3 Å². The minimum atomic E-state index is 0.0422. The van der Waals surface area contributed by atoms with E-state index in [9.17, 15) is 0 Å². The van der Waals surface area contributed by atoms with Crippen molar-refractivity contribution in [2.24, 2.45) is 0 Å². The highest BCUT2D eigenvalue weighted by Gasteiger charge is 2.10. The Balaban J connectivity index is 2.00. The van der Waals surface area contributed by atoms with Crippen molar-refractivity contribution in [3.05, 3.63) is 53.6 Å². The summed E-state index contributed by atoms with van der Waals surface area (Å²) in [6.07, 6.45) is 1.06. The zero-order valence-electron chi connectivity index (χ0n) is 13.8. The Labute approximate surface area is 133 Å². The molecule has 0 saturated carbocycles. The van der Waals surface area contributed by atoms with Gasteiger partial charge in [0.25, 0.3) is 0 Å². The van der Waals surface area contributed by atoms with Gasteiger partial charge in [0.1, 0.15) is 6.10 Å². The molecule has 0 fully saturated rings. The lowest BCUT2D eigenvalue weighted by Gasteiger charge is -2.20. The molecule has 0 aliphatic heterocycles. The molecule has 22 heavy (non-hydrogen) atoms. The number of methoxy groups -OCH3 is 1. The fourth-order valence-electron chi connectivity index (χ4n) is 2.50. The number of hydrogen-bond acceptors (Lipinski definition) is 3. The molecule has 0 radical (unpaired) electrons. The van der Waals surface area contributed by atoms with Crippen LogP contribution in [-0.4, -0.2) is 19.8 Å². The minimum absolute atomic E-state index is 0.0422. The molecular weight excluding hydrogens is 274 g/mol. The van der Waals surface area contributed by atoms with Crippen molar-refractivity contribution in [3.8, 4) is 11.5 Å². The first kappa shape index (κ1) is 16.2. The largest absolute Gasteiger partial charge is 0.493 e. The summed E-state index contributed by atoms with van der Waals surface area (Å²) >= 11 is 0. The summed E-state index contributed by atoms with van der Waals surface area (Å²) in [6, 6.07) is 14.1. The van der Waals surface area contributed by atoms with E-state index in [4.69, 9.17) is 9.47 Å². The fourth-order valence-corrected chi connectivity index (χ4v) is 2.50. The molecule has 2 rings (SSSR count). The fraction of sp³-hybridized carbons (Fsp3) is 0.368. The van der Waals surface area contributed by atoms with Gasteiger partial charge in [0.05, 0.1) is 13.7 Å². The van der Waals surface area contributed by atoms with Gasteiger partial charge in [0.2, 0.25) is 0 Å². The van der Waals surface area contributed by atoms with Gasteiger partial charge in [-0.25, -0.2) is 0 Å². The van der Waals surface area contributed by atoms with Gasteiger partial charge in [-0.3, -0.25) is 0 Å². The Kier molecular flexibility index (Phi) is 5.70. The summed E-state index contributed by atoms with van der Waals surface area (Å²) in [4.78, 5) is 0. The zero-order valence-corrected chi connectivity index (χ0v) is 13.8. The van der Waals surface area contributed by atoms with Crippen molar-refractivity contribution in [1.29, 1.82) is 0 Å². The molecule has 0 heterocycles. The summed E-state index contributed by atoms with van der Waals surface area (Å²) < 4.78 is 11.3. The Bertz CT molecular complexity index is 610. The maximum absolute atomic E-state index is 5.98. The molecule has 0 saturated heterocycles. The lowest BCUT2D eigenvalue weighted by molar-refractivity contribution is 0.223. The maximum Gasteiger partial charge on any atom is 0.161 e. The highest BCUT2D eigenvalue weighted by atomic mass is 16.5. The monoisotopic (exact) mass is 299 g/mol. The van der Waals surface area contributed by atoms with Gasteiger partial charge in [-0.15, -0.1) is 0 Å². The number of aryl methyl sites for hydroxylation is 2. The van der Waals surface area contributed by atoms with Crippen LogP contribution >= 0.6 is 0 Å². The van der Waals surface area contributed by atoms with Crippen LogP contribution in [0.2, 0.25) is 0 Å². The van der Waals surface area contributed by atoms with Crippen molar-refractivity contribution in [2.45, 2.75) is 33.3 Å². The van der Waals surface area contributed by atoms with Crippen LogP contribution in [0.4, 0.5) is 5.69 Å². The predicted octanol–water partition coefficient (Wildman–Crippen LogP) is 4.45. The molecule has 1 atom stereocenters. The molecule has 2 aromatic rings. The van der Waals surface area contributed by atoms with Gasteiger partial charge in [-0.2, -0.15) is 0 Å². The van der Waals surface area contributed by atoms with E-state index in [0.717, 1.165) is 24.5 Å². The van der Waals surface area contributed by atoms with Gasteiger partial charge in [-0.05, 0) is 43.5 Å². The van der Waals surface area contributed by atoms with Crippen LogP contribution in [-0.2, 0) is 6.42 Å². The Morgan fingerprint density at radius 1 is 1.05 bits per heavy atom.